The molecule has 2 aliphatic rings. The van der Waals surface area contributed by atoms with Crippen molar-refractivity contribution in [3.63, 3.8) is 0 Å². The summed E-state index contributed by atoms with van der Waals surface area (Å²) >= 11 is 0. The number of likely N-dealkylation sites (tertiary alicyclic amines) is 2. The van der Waals surface area contributed by atoms with Gasteiger partial charge in [0.1, 0.15) is 28.9 Å². The molecule has 4 N–H and O–H groups in total. The molecule has 332 valence electrons. The maximum atomic E-state index is 13.8. The van der Waals surface area contributed by atoms with Crippen molar-refractivity contribution < 1.29 is 33.1 Å². The van der Waals surface area contributed by atoms with Crippen LogP contribution in [0.3, 0.4) is 0 Å². The van der Waals surface area contributed by atoms with Gasteiger partial charge in [-0.3, -0.25) is 14.6 Å². The van der Waals surface area contributed by atoms with Crippen LogP contribution in [0.5, 0.6) is 0 Å². The number of hydrogen-bond donors (Lipinski definition) is 4. The first-order chi connectivity index (χ1) is 30.9. The molecular formula is C48H53N9O7. The van der Waals surface area contributed by atoms with Crippen LogP contribution in [0.4, 0.5) is 9.59 Å². The lowest BCUT2D eigenvalue weighted by atomic mass is 9.93. The Bertz CT molecular complexity index is 2840. The highest BCUT2D eigenvalue weighted by Crippen LogP contribution is 2.44. The van der Waals surface area contributed by atoms with Gasteiger partial charge in [0.25, 0.3) is 0 Å². The fourth-order valence-electron chi connectivity index (χ4n) is 9.49. The number of hydrogen-bond acceptors (Lipinski definition) is 10. The third-order valence-corrected chi connectivity index (χ3v) is 12.9. The van der Waals surface area contributed by atoms with Gasteiger partial charge >= 0.3 is 12.2 Å². The van der Waals surface area contributed by atoms with Crippen molar-refractivity contribution in [3.05, 3.63) is 78.6 Å². The van der Waals surface area contributed by atoms with Crippen molar-refractivity contribution in [1.29, 1.82) is 0 Å². The van der Waals surface area contributed by atoms with E-state index >= 15 is 0 Å². The van der Waals surface area contributed by atoms with Gasteiger partial charge in [-0.25, -0.2) is 19.6 Å². The zero-order valence-electron chi connectivity index (χ0n) is 36.9. The van der Waals surface area contributed by atoms with E-state index in [2.05, 4.69) is 44.9 Å². The summed E-state index contributed by atoms with van der Waals surface area (Å²) in [5, 5.41) is 7.40. The summed E-state index contributed by atoms with van der Waals surface area (Å²) in [5.74, 6) is 0.783. The number of aromatic nitrogens is 5. The molecule has 7 aromatic rings. The number of amides is 4. The van der Waals surface area contributed by atoms with Gasteiger partial charge in [-0.05, 0) is 85.0 Å². The Morgan fingerprint density at radius 1 is 0.750 bits per heavy atom. The first-order valence-corrected chi connectivity index (χ1v) is 22.0. The molecular weight excluding hydrogens is 815 g/mol. The first kappa shape index (κ1) is 42.3. The lowest BCUT2D eigenvalue weighted by Gasteiger charge is -2.29. The molecule has 0 unspecified atom stereocenters. The lowest BCUT2D eigenvalue weighted by Crippen LogP contribution is -2.51. The Kier molecular flexibility index (Phi) is 11.4. The molecule has 16 nitrogen and oxygen atoms in total. The van der Waals surface area contributed by atoms with Crippen molar-refractivity contribution in [2.45, 2.75) is 71.5 Å². The average molecular weight is 868 g/mol. The number of ether oxygens (including phenoxy) is 2. The molecule has 4 amide bonds. The molecule has 2 bridgehead atoms. The second-order valence-electron chi connectivity index (χ2n) is 17.5. The minimum Gasteiger partial charge on any atom is -0.456 e. The number of carbonyl (C=O) groups is 4. The van der Waals surface area contributed by atoms with Crippen molar-refractivity contribution >= 4 is 57.0 Å². The van der Waals surface area contributed by atoms with Gasteiger partial charge < -0.3 is 44.3 Å². The molecule has 7 heterocycles. The Hall–Kier alpha value is -6.97. The highest BCUT2D eigenvalue weighted by atomic mass is 16.5. The minimum absolute atomic E-state index is 0.00942. The van der Waals surface area contributed by atoms with Gasteiger partial charge in [0.2, 0.25) is 11.8 Å². The smallest absolute Gasteiger partial charge is 0.407 e. The van der Waals surface area contributed by atoms with E-state index in [1.807, 2.05) is 74.0 Å². The van der Waals surface area contributed by atoms with Crippen LogP contribution in [-0.4, -0.2) is 98.6 Å². The minimum atomic E-state index is -0.712. The largest absolute Gasteiger partial charge is 0.456 e. The number of alkyl carbamates (subject to hydrolysis) is 2. The molecule has 2 saturated heterocycles. The summed E-state index contributed by atoms with van der Waals surface area (Å²) in [6, 6.07) is 17.2. The van der Waals surface area contributed by atoms with Gasteiger partial charge in [0, 0.05) is 47.7 Å². The van der Waals surface area contributed by atoms with Gasteiger partial charge in [0.05, 0.1) is 60.8 Å². The number of methoxy groups -OCH3 is 2. The summed E-state index contributed by atoms with van der Waals surface area (Å²) in [6.07, 6.45) is 5.67. The van der Waals surface area contributed by atoms with E-state index in [0.29, 0.717) is 18.9 Å². The van der Waals surface area contributed by atoms with Crippen LogP contribution >= 0.6 is 0 Å². The molecule has 16 heteroatoms. The predicted molar refractivity (Wildman–Crippen MR) is 241 cm³/mol. The van der Waals surface area contributed by atoms with Gasteiger partial charge in [-0.15, -0.1) is 0 Å². The number of aromatic amines is 2. The first-order valence-electron chi connectivity index (χ1n) is 22.0. The fourth-order valence-corrected chi connectivity index (χ4v) is 9.49. The number of pyridine rings is 1. The summed E-state index contributed by atoms with van der Waals surface area (Å²) in [4.78, 5) is 76.7. The fraction of sp³-hybridized carbons (Fsp3) is 0.396. The van der Waals surface area contributed by atoms with E-state index in [1.54, 1.807) is 6.20 Å². The molecule has 0 aliphatic carbocycles. The number of benzene rings is 3. The Balaban J connectivity index is 0.950. The molecule has 5 aromatic heterocycles. The number of fused-ring (bicyclic) bond motifs is 6. The highest BCUT2D eigenvalue weighted by molar-refractivity contribution is 6.19. The van der Waals surface area contributed by atoms with E-state index < -0.39 is 18.2 Å². The van der Waals surface area contributed by atoms with Crippen LogP contribution in [0.2, 0.25) is 0 Å². The number of rotatable bonds is 12. The van der Waals surface area contributed by atoms with Crippen molar-refractivity contribution in [1.82, 2.24) is 45.4 Å². The van der Waals surface area contributed by atoms with E-state index in [9.17, 15) is 19.2 Å². The summed E-state index contributed by atoms with van der Waals surface area (Å²) in [7, 11) is 2.60. The van der Waals surface area contributed by atoms with Gasteiger partial charge in [-0.1, -0.05) is 45.9 Å². The average Bonchev–Trinajstić information content (AvgIpc) is 4.17. The van der Waals surface area contributed by atoms with E-state index in [4.69, 9.17) is 28.8 Å². The zero-order valence-corrected chi connectivity index (χ0v) is 36.9. The zero-order chi connectivity index (χ0) is 44.8. The molecule has 2 fully saturated rings. The van der Waals surface area contributed by atoms with E-state index in [0.717, 1.165) is 98.1 Å². The molecule has 4 atom stereocenters. The number of furan rings is 2. The summed E-state index contributed by atoms with van der Waals surface area (Å²) in [5.41, 5.74) is 8.63. The van der Waals surface area contributed by atoms with Gasteiger partial charge in [0.15, 0.2) is 0 Å². The molecule has 64 heavy (non-hydrogen) atoms. The monoisotopic (exact) mass is 867 g/mol. The number of imidazole rings is 2. The van der Waals surface area contributed by atoms with Crippen LogP contribution < -0.4 is 10.6 Å². The number of H-pyrrole nitrogens is 2. The molecule has 0 spiro atoms. The number of nitrogens with one attached hydrogen (secondary N) is 4. The van der Waals surface area contributed by atoms with E-state index in [1.165, 1.54) is 14.2 Å². The van der Waals surface area contributed by atoms with Crippen molar-refractivity contribution in [2.24, 2.45) is 17.8 Å². The Labute approximate surface area is 369 Å². The maximum Gasteiger partial charge on any atom is 0.407 e. The topological polar surface area (TPSA) is 201 Å². The molecule has 2 aliphatic heterocycles. The SMILES string of the molecule is COC(=O)NC[C@H](C(=O)N1CCC[C@H]1c1ncc(-c2ccc(-c3ccc(-c4ccc5nc([C@@H]6CCCN6C(=O)[C@@H](NC(=O)OC)C(C)C)[nH]c5c4)c4c5ccc(o5)c34)nc2)[nH]1)C(C)C. The molecule has 0 saturated carbocycles. The second kappa shape index (κ2) is 17.3. The normalized spacial score (nSPS) is 17.6. The standard InChI is InChI=1S/C48H53N9O7/c1-25(2)31(23-51-47(60)62-5)45(58)56-19-7-9-36(56)43-50-24-35(54-43)28-12-15-32(49-22-28)30-14-13-29(40-38-17-18-39(64-38)41(30)40)27-11-16-33-34(21-27)53-44(52-33)37-10-8-20-57(37)46(59)42(26(3)4)55-48(61)63-6/h11-18,21-22,24-26,31,36-37,42H,7-10,19-20,23H2,1-6H3,(H,50,54)(H,51,60)(H,52,53)(H,55,61)/t31-,36-,37-,42-/m0/s1. The molecule has 9 rings (SSSR count). The van der Waals surface area contributed by atoms with E-state index in [-0.39, 0.29) is 48.2 Å². The van der Waals surface area contributed by atoms with Crippen molar-refractivity contribution in [2.75, 3.05) is 33.9 Å². The number of carbonyl (C=O) groups excluding carboxylic acids is 4. The molecule has 2 aromatic carbocycles. The van der Waals surface area contributed by atoms with Crippen LogP contribution in [0, 0.1) is 17.8 Å². The lowest BCUT2D eigenvalue weighted by molar-refractivity contribution is -0.138. The van der Waals surface area contributed by atoms with Gasteiger partial charge in [-0.2, -0.15) is 0 Å². The third kappa shape index (κ3) is 7.74. The Morgan fingerprint density at radius 2 is 1.42 bits per heavy atom. The van der Waals surface area contributed by atoms with Crippen molar-refractivity contribution in [3.8, 4) is 33.6 Å². The maximum absolute atomic E-state index is 13.8. The predicted octanol–water partition coefficient (Wildman–Crippen LogP) is 8.36. The summed E-state index contributed by atoms with van der Waals surface area (Å²) < 4.78 is 15.8. The second-order valence-corrected chi connectivity index (χ2v) is 17.5. The third-order valence-electron chi connectivity index (χ3n) is 12.9. The molecule has 0 radical (unpaired) electrons. The quantitative estimate of drug-likeness (QED) is 0.0925. The Morgan fingerprint density at radius 3 is 2.09 bits per heavy atom. The highest BCUT2D eigenvalue weighted by Gasteiger charge is 2.39. The van der Waals surface area contributed by atoms with Crippen LogP contribution in [0.25, 0.3) is 66.6 Å². The van der Waals surface area contributed by atoms with Crippen LogP contribution in [0.15, 0.2) is 71.4 Å². The number of nitrogens with zero attached hydrogens (tertiary/aromatic N) is 5. The van der Waals surface area contributed by atoms with Crippen LogP contribution in [0.1, 0.15) is 77.1 Å². The summed E-state index contributed by atoms with van der Waals surface area (Å²) in [6.45, 7) is 9.17. The van der Waals surface area contributed by atoms with Crippen LogP contribution in [-0.2, 0) is 19.1 Å².